The average molecular weight is 185 g/mol. The summed E-state index contributed by atoms with van der Waals surface area (Å²) >= 11 is 0. The van der Waals surface area contributed by atoms with Crippen LogP contribution < -0.4 is 5.32 Å². The first-order valence-corrected chi connectivity index (χ1v) is 5.39. The minimum Gasteiger partial charge on any atom is -0.378 e. The lowest BCUT2D eigenvalue weighted by Crippen LogP contribution is -2.48. The van der Waals surface area contributed by atoms with Gasteiger partial charge in [-0.25, -0.2) is 0 Å². The molecule has 0 aromatic rings. The Morgan fingerprint density at radius 1 is 1.38 bits per heavy atom. The standard InChI is InChI=1S/C10H19NO2/c1-3-9(12-5-1)4-2-6-13-10-7-11-8-10/h9-11H,1-8H2. The Hall–Kier alpha value is -0.120. The van der Waals surface area contributed by atoms with Crippen LogP contribution in [0, 0.1) is 0 Å². The van der Waals surface area contributed by atoms with Crippen LogP contribution in [0.15, 0.2) is 0 Å². The van der Waals surface area contributed by atoms with Crippen molar-refractivity contribution in [1.82, 2.24) is 5.32 Å². The van der Waals surface area contributed by atoms with Gasteiger partial charge < -0.3 is 14.8 Å². The minimum absolute atomic E-state index is 0.490. The topological polar surface area (TPSA) is 30.5 Å². The molecule has 2 heterocycles. The van der Waals surface area contributed by atoms with Gasteiger partial charge in [-0.3, -0.25) is 0 Å². The van der Waals surface area contributed by atoms with Gasteiger partial charge in [-0.15, -0.1) is 0 Å². The predicted octanol–water partition coefficient (Wildman–Crippen LogP) is 0.934. The summed E-state index contributed by atoms with van der Waals surface area (Å²) in [6, 6.07) is 0. The lowest BCUT2D eigenvalue weighted by atomic mass is 10.1. The molecule has 0 saturated carbocycles. The third-order valence-corrected chi connectivity index (χ3v) is 2.79. The molecule has 2 fully saturated rings. The van der Waals surface area contributed by atoms with E-state index in [2.05, 4.69) is 5.32 Å². The third-order valence-electron chi connectivity index (χ3n) is 2.79. The summed E-state index contributed by atoms with van der Waals surface area (Å²) < 4.78 is 11.2. The Kier molecular flexibility index (Phi) is 3.58. The molecule has 1 unspecified atom stereocenters. The highest BCUT2D eigenvalue weighted by molar-refractivity contribution is 4.74. The quantitative estimate of drug-likeness (QED) is 0.646. The second-order valence-electron chi connectivity index (χ2n) is 3.93. The zero-order chi connectivity index (χ0) is 8.93. The number of hydrogen-bond donors (Lipinski definition) is 1. The smallest absolute Gasteiger partial charge is 0.0823 e. The molecule has 2 rings (SSSR count). The molecule has 76 valence electrons. The molecule has 0 radical (unpaired) electrons. The van der Waals surface area contributed by atoms with Gasteiger partial charge in [-0.1, -0.05) is 0 Å². The monoisotopic (exact) mass is 185 g/mol. The van der Waals surface area contributed by atoms with E-state index in [0.717, 1.165) is 32.7 Å². The Balaban J connectivity index is 1.43. The molecule has 1 N–H and O–H groups in total. The van der Waals surface area contributed by atoms with Crippen LogP contribution in [0.5, 0.6) is 0 Å². The van der Waals surface area contributed by atoms with Gasteiger partial charge in [0.2, 0.25) is 0 Å². The van der Waals surface area contributed by atoms with Crippen LogP contribution in [0.2, 0.25) is 0 Å². The number of ether oxygens (including phenoxy) is 2. The van der Waals surface area contributed by atoms with Crippen molar-refractivity contribution in [3.63, 3.8) is 0 Å². The van der Waals surface area contributed by atoms with E-state index in [1.165, 1.54) is 19.3 Å². The summed E-state index contributed by atoms with van der Waals surface area (Å²) in [6.07, 6.45) is 5.86. The molecule has 0 spiro atoms. The second kappa shape index (κ2) is 4.94. The SMILES string of the molecule is C1COC(CCCOC2CNC2)C1. The first-order chi connectivity index (χ1) is 6.45. The van der Waals surface area contributed by atoms with E-state index in [4.69, 9.17) is 9.47 Å². The molecule has 3 nitrogen and oxygen atoms in total. The van der Waals surface area contributed by atoms with Crippen LogP contribution in [0.4, 0.5) is 0 Å². The summed E-state index contributed by atoms with van der Waals surface area (Å²) in [5.41, 5.74) is 0. The number of nitrogens with one attached hydrogen (secondary N) is 1. The fourth-order valence-electron chi connectivity index (χ4n) is 1.81. The van der Waals surface area contributed by atoms with E-state index < -0.39 is 0 Å². The fraction of sp³-hybridized carbons (Fsp3) is 1.00. The van der Waals surface area contributed by atoms with Gasteiger partial charge in [0.1, 0.15) is 0 Å². The van der Waals surface area contributed by atoms with Crippen molar-refractivity contribution in [3.8, 4) is 0 Å². The van der Waals surface area contributed by atoms with Crippen molar-refractivity contribution >= 4 is 0 Å². The number of hydrogen-bond acceptors (Lipinski definition) is 3. The van der Waals surface area contributed by atoms with E-state index in [0.29, 0.717) is 12.2 Å². The summed E-state index contributed by atoms with van der Waals surface area (Å²) in [5.74, 6) is 0. The van der Waals surface area contributed by atoms with E-state index >= 15 is 0 Å². The van der Waals surface area contributed by atoms with Crippen molar-refractivity contribution in [3.05, 3.63) is 0 Å². The van der Waals surface area contributed by atoms with Crippen LogP contribution in [0.25, 0.3) is 0 Å². The van der Waals surface area contributed by atoms with Gasteiger partial charge in [0, 0.05) is 26.3 Å². The van der Waals surface area contributed by atoms with Crippen molar-refractivity contribution in [2.24, 2.45) is 0 Å². The molecule has 3 heteroatoms. The van der Waals surface area contributed by atoms with Crippen LogP contribution in [0.3, 0.4) is 0 Å². The third kappa shape index (κ3) is 2.93. The second-order valence-corrected chi connectivity index (χ2v) is 3.93. The highest BCUT2D eigenvalue weighted by Crippen LogP contribution is 2.16. The summed E-state index contributed by atoms with van der Waals surface area (Å²) in [7, 11) is 0. The molecule has 0 aliphatic carbocycles. The molecule has 2 aliphatic heterocycles. The Labute approximate surface area is 79.8 Å². The maximum absolute atomic E-state index is 5.62. The zero-order valence-electron chi connectivity index (χ0n) is 8.13. The molecule has 0 amide bonds. The summed E-state index contributed by atoms with van der Waals surface area (Å²) in [4.78, 5) is 0. The Morgan fingerprint density at radius 2 is 2.31 bits per heavy atom. The molecule has 0 bridgehead atoms. The lowest BCUT2D eigenvalue weighted by Gasteiger charge is -2.27. The van der Waals surface area contributed by atoms with E-state index in [1.54, 1.807) is 0 Å². The lowest BCUT2D eigenvalue weighted by molar-refractivity contribution is 0.0105. The van der Waals surface area contributed by atoms with Crippen LogP contribution in [-0.4, -0.2) is 38.5 Å². The molecule has 2 aliphatic rings. The highest BCUT2D eigenvalue weighted by Gasteiger charge is 2.18. The highest BCUT2D eigenvalue weighted by atomic mass is 16.5. The Bertz CT molecular complexity index is 142. The zero-order valence-corrected chi connectivity index (χ0v) is 8.13. The first-order valence-electron chi connectivity index (χ1n) is 5.39. The first kappa shape index (κ1) is 9.44. The van der Waals surface area contributed by atoms with Crippen LogP contribution in [-0.2, 0) is 9.47 Å². The van der Waals surface area contributed by atoms with Crippen LogP contribution >= 0.6 is 0 Å². The van der Waals surface area contributed by atoms with E-state index in [-0.39, 0.29) is 0 Å². The molecular formula is C10H19NO2. The van der Waals surface area contributed by atoms with Crippen molar-refractivity contribution in [1.29, 1.82) is 0 Å². The molecule has 1 atom stereocenters. The molecule has 0 aromatic heterocycles. The normalized spacial score (nSPS) is 29.1. The largest absolute Gasteiger partial charge is 0.378 e. The van der Waals surface area contributed by atoms with Crippen LogP contribution in [0.1, 0.15) is 25.7 Å². The molecule has 13 heavy (non-hydrogen) atoms. The maximum Gasteiger partial charge on any atom is 0.0823 e. The summed E-state index contributed by atoms with van der Waals surface area (Å²) in [5, 5.41) is 3.19. The maximum atomic E-state index is 5.62. The van der Waals surface area contributed by atoms with E-state index in [9.17, 15) is 0 Å². The van der Waals surface area contributed by atoms with Crippen molar-refractivity contribution in [2.45, 2.75) is 37.9 Å². The van der Waals surface area contributed by atoms with E-state index in [1.807, 2.05) is 0 Å². The van der Waals surface area contributed by atoms with Gasteiger partial charge in [-0.05, 0) is 25.7 Å². The molecule has 0 aromatic carbocycles. The van der Waals surface area contributed by atoms with Gasteiger partial charge in [0.25, 0.3) is 0 Å². The Morgan fingerprint density at radius 3 is 2.92 bits per heavy atom. The predicted molar refractivity (Wildman–Crippen MR) is 50.8 cm³/mol. The van der Waals surface area contributed by atoms with Gasteiger partial charge in [-0.2, -0.15) is 0 Å². The number of rotatable bonds is 5. The van der Waals surface area contributed by atoms with Gasteiger partial charge in [0.15, 0.2) is 0 Å². The van der Waals surface area contributed by atoms with Crippen molar-refractivity contribution < 1.29 is 9.47 Å². The van der Waals surface area contributed by atoms with Gasteiger partial charge >= 0.3 is 0 Å². The fourth-order valence-corrected chi connectivity index (χ4v) is 1.81. The van der Waals surface area contributed by atoms with Gasteiger partial charge in [0.05, 0.1) is 12.2 Å². The summed E-state index contributed by atoms with van der Waals surface area (Å²) in [6.45, 7) is 3.96. The molecule has 2 saturated heterocycles. The van der Waals surface area contributed by atoms with Crippen molar-refractivity contribution in [2.75, 3.05) is 26.3 Å². The average Bonchev–Trinajstić information content (AvgIpc) is 2.53. The minimum atomic E-state index is 0.490. The molecular weight excluding hydrogens is 166 g/mol.